The van der Waals surface area contributed by atoms with E-state index in [9.17, 15) is 14.4 Å². The number of urea groups is 1. The smallest absolute Gasteiger partial charge is 0.323 e. The van der Waals surface area contributed by atoms with E-state index in [-0.39, 0.29) is 12.5 Å². The summed E-state index contributed by atoms with van der Waals surface area (Å²) in [6, 6.07) is 12.7. The standard InChI is InChI=1S/C33H38N6O4/c1-43-27-13-12-25-21-39(30(40)28(25)20-27)22-33(31(41)35-32(42)36-33)15-14-23-8-10-24(11-9-23)29(34)38-18-16-37(17-19-38)26-6-4-2-3-5-7-26/h8-13,20,26,34H,2-7,16-19,21-22H2,1H3,(H2,35,36,41,42)/t33-/m1/s1. The Morgan fingerprint density at radius 2 is 1.72 bits per heavy atom. The van der Waals surface area contributed by atoms with Crippen LogP contribution in [0, 0.1) is 17.3 Å². The lowest BCUT2D eigenvalue weighted by Gasteiger charge is -2.40. The number of nitrogens with one attached hydrogen (secondary N) is 3. The van der Waals surface area contributed by atoms with Crippen molar-refractivity contribution >= 4 is 23.7 Å². The van der Waals surface area contributed by atoms with Crippen LogP contribution in [-0.4, -0.2) is 89.8 Å². The molecule has 0 unspecified atom stereocenters. The number of fused-ring (bicyclic) bond motifs is 1. The third-order valence-corrected chi connectivity index (χ3v) is 9.12. The van der Waals surface area contributed by atoms with Gasteiger partial charge in [-0.05, 0) is 42.7 Å². The van der Waals surface area contributed by atoms with Crippen molar-refractivity contribution in [2.24, 2.45) is 0 Å². The molecule has 2 saturated heterocycles. The van der Waals surface area contributed by atoms with E-state index in [1.54, 1.807) is 12.1 Å². The molecule has 3 aliphatic heterocycles. The van der Waals surface area contributed by atoms with Crippen LogP contribution in [0.2, 0.25) is 0 Å². The molecule has 0 bridgehead atoms. The molecule has 4 amide bonds. The number of hydrogen-bond donors (Lipinski definition) is 3. The number of amidine groups is 1. The van der Waals surface area contributed by atoms with Crippen molar-refractivity contribution in [3.05, 3.63) is 64.7 Å². The quantitative estimate of drug-likeness (QED) is 0.164. The van der Waals surface area contributed by atoms with E-state index in [1.165, 1.54) is 50.5 Å². The van der Waals surface area contributed by atoms with Crippen LogP contribution in [0.4, 0.5) is 4.79 Å². The first kappa shape index (κ1) is 28.7. The summed E-state index contributed by atoms with van der Waals surface area (Å²) in [5.74, 6) is 6.22. The fourth-order valence-corrected chi connectivity index (χ4v) is 6.62. The van der Waals surface area contributed by atoms with Crippen LogP contribution in [0.1, 0.15) is 65.6 Å². The number of piperazine rings is 1. The fourth-order valence-electron chi connectivity index (χ4n) is 6.62. The van der Waals surface area contributed by atoms with Crippen LogP contribution in [-0.2, 0) is 11.3 Å². The van der Waals surface area contributed by atoms with Crippen LogP contribution in [0.3, 0.4) is 0 Å². The first-order valence-corrected chi connectivity index (χ1v) is 15.2. The lowest BCUT2D eigenvalue weighted by molar-refractivity contribution is -0.122. The van der Waals surface area contributed by atoms with Gasteiger partial charge in [0.05, 0.1) is 13.7 Å². The van der Waals surface area contributed by atoms with Gasteiger partial charge in [-0.1, -0.05) is 55.7 Å². The van der Waals surface area contributed by atoms with Crippen LogP contribution in [0.25, 0.3) is 0 Å². The van der Waals surface area contributed by atoms with Crippen LogP contribution in [0.15, 0.2) is 42.5 Å². The molecule has 3 N–H and O–H groups in total. The second-order valence-electron chi connectivity index (χ2n) is 11.8. The molecule has 0 aromatic heterocycles. The van der Waals surface area contributed by atoms with Gasteiger partial charge in [-0.2, -0.15) is 0 Å². The highest BCUT2D eigenvalue weighted by Crippen LogP contribution is 2.29. The lowest BCUT2D eigenvalue weighted by atomic mass is 9.98. The number of hydrogen-bond acceptors (Lipinski definition) is 6. The van der Waals surface area contributed by atoms with E-state index in [2.05, 4.69) is 32.3 Å². The zero-order valence-corrected chi connectivity index (χ0v) is 24.6. The van der Waals surface area contributed by atoms with E-state index in [1.807, 2.05) is 30.3 Å². The molecule has 0 spiro atoms. The van der Waals surface area contributed by atoms with Gasteiger partial charge in [-0.25, -0.2) is 4.79 Å². The molecule has 4 aliphatic rings. The number of imide groups is 1. The van der Waals surface area contributed by atoms with Gasteiger partial charge in [0.1, 0.15) is 11.6 Å². The molecule has 1 atom stereocenters. The van der Waals surface area contributed by atoms with Crippen LogP contribution < -0.4 is 15.4 Å². The van der Waals surface area contributed by atoms with Gasteiger partial charge < -0.3 is 19.9 Å². The Labute approximate surface area is 252 Å². The monoisotopic (exact) mass is 582 g/mol. The van der Waals surface area contributed by atoms with Crippen LogP contribution >= 0.6 is 0 Å². The molecular weight excluding hydrogens is 544 g/mol. The zero-order chi connectivity index (χ0) is 30.0. The minimum Gasteiger partial charge on any atom is -0.497 e. The number of carbonyl (C=O) groups is 3. The molecule has 10 heteroatoms. The lowest BCUT2D eigenvalue weighted by Crippen LogP contribution is -2.54. The largest absolute Gasteiger partial charge is 0.497 e. The van der Waals surface area contributed by atoms with Gasteiger partial charge in [0.25, 0.3) is 11.8 Å². The molecule has 6 rings (SSSR count). The van der Waals surface area contributed by atoms with E-state index >= 15 is 0 Å². The van der Waals surface area contributed by atoms with Crippen molar-refractivity contribution in [3.8, 4) is 17.6 Å². The molecule has 1 saturated carbocycles. The van der Waals surface area contributed by atoms with Gasteiger partial charge >= 0.3 is 6.03 Å². The zero-order valence-electron chi connectivity index (χ0n) is 24.6. The predicted molar refractivity (Wildman–Crippen MR) is 162 cm³/mol. The summed E-state index contributed by atoms with van der Waals surface area (Å²) in [6.07, 6.45) is 7.96. The second kappa shape index (κ2) is 12.1. The molecule has 43 heavy (non-hydrogen) atoms. The van der Waals surface area contributed by atoms with Crippen molar-refractivity contribution in [2.75, 3.05) is 39.8 Å². The molecule has 2 aromatic carbocycles. The molecule has 2 aromatic rings. The van der Waals surface area contributed by atoms with Gasteiger partial charge in [-0.15, -0.1) is 0 Å². The Morgan fingerprint density at radius 1 is 1.00 bits per heavy atom. The highest BCUT2D eigenvalue weighted by atomic mass is 16.5. The Kier molecular flexibility index (Phi) is 8.08. The molecule has 10 nitrogen and oxygen atoms in total. The summed E-state index contributed by atoms with van der Waals surface area (Å²) in [7, 11) is 1.54. The number of rotatable bonds is 5. The molecule has 224 valence electrons. The van der Waals surface area contributed by atoms with E-state index < -0.39 is 17.5 Å². The highest BCUT2D eigenvalue weighted by molar-refractivity contribution is 6.10. The van der Waals surface area contributed by atoms with Crippen LogP contribution in [0.5, 0.6) is 5.75 Å². The average Bonchev–Trinajstić information content (AvgIpc) is 3.32. The third-order valence-electron chi connectivity index (χ3n) is 9.12. The Morgan fingerprint density at radius 3 is 2.37 bits per heavy atom. The van der Waals surface area contributed by atoms with E-state index in [0.717, 1.165) is 37.3 Å². The molecule has 3 heterocycles. The van der Waals surface area contributed by atoms with Crippen molar-refractivity contribution in [3.63, 3.8) is 0 Å². The van der Waals surface area contributed by atoms with Gasteiger partial charge in [0, 0.05) is 55.5 Å². The number of methoxy groups -OCH3 is 1. The summed E-state index contributed by atoms with van der Waals surface area (Å²) < 4.78 is 5.25. The highest BCUT2D eigenvalue weighted by Gasteiger charge is 2.48. The Hall–Kier alpha value is -4.36. The van der Waals surface area contributed by atoms with Gasteiger partial charge in [0.2, 0.25) is 5.54 Å². The predicted octanol–water partition coefficient (Wildman–Crippen LogP) is 2.95. The maximum atomic E-state index is 13.2. The van der Waals surface area contributed by atoms with E-state index in [4.69, 9.17) is 10.1 Å². The van der Waals surface area contributed by atoms with Crippen molar-refractivity contribution in [1.82, 2.24) is 25.3 Å². The third kappa shape index (κ3) is 5.95. The van der Waals surface area contributed by atoms with Crippen molar-refractivity contribution in [2.45, 2.75) is 56.7 Å². The summed E-state index contributed by atoms with van der Waals surface area (Å²) in [5.41, 5.74) is 1.20. The average molecular weight is 583 g/mol. The van der Waals surface area contributed by atoms with E-state index in [0.29, 0.717) is 35.3 Å². The maximum Gasteiger partial charge on any atom is 0.323 e. The number of carbonyl (C=O) groups excluding carboxylic acids is 3. The number of amides is 4. The second-order valence-corrected chi connectivity index (χ2v) is 11.8. The number of benzene rings is 2. The topological polar surface area (TPSA) is 118 Å². The molecular formula is C33H38N6O4. The normalized spacial score (nSPS) is 22.8. The fraction of sp³-hybridized carbons (Fsp3) is 0.455. The number of nitrogens with zero attached hydrogens (tertiary/aromatic N) is 3. The summed E-state index contributed by atoms with van der Waals surface area (Å²) >= 11 is 0. The molecule has 1 aliphatic carbocycles. The molecule has 3 fully saturated rings. The van der Waals surface area contributed by atoms with Crippen molar-refractivity contribution < 1.29 is 19.1 Å². The summed E-state index contributed by atoms with van der Waals surface area (Å²) in [4.78, 5) is 44.6. The first-order valence-electron chi connectivity index (χ1n) is 15.2. The molecule has 0 radical (unpaired) electrons. The SMILES string of the molecule is COc1ccc2c(c1)C(=O)N(C[C@@]1(C#Cc3ccc(C(=N)N4CCN(C5CCCCCC5)CC4)cc3)NC(=O)NC1=O)C2. The summed E-state index contributed by atoms with van der Waals surface area (Å²) in [5, 5.41) is 13.7. The van der Waals surface area contributed by atoms with Gasteiger partial charge in [-0.3, -0.25) is 25.2 Å². The summed E-state index contributed by atoms with van der Waals surface area (Å²) in [6.45, 7) is 3.88. The Bertz CT molecular complexity index is 1480. The maximum absolute atomic E-state index is 13.2. The number of ether oxygens (including phenoxy) is 1. The Balaban J connectivity index is 1.12. The van der Waals surface area contributed by atoms with Gasteiger partial charge in [0.15, 0.2) is 0 Å². The van der Waals surface area contributed by atoms with Crippen molar-refractivity contribution in [1.29, 1.82) is 5.41 Å². The first-order chi connectivity index (χ1) is 20.8. The minimum absolute atomic E-state index is 0.0943. The minimum atomic E-state index is -1.58.